The van der Waals surface area contributed by atoms with Crippen LogP contribution in [0.5, 0.6) is 0 Å². The fourth-order valence-corrected chi connectivity index (χ4v) is 3.11. The SMILES string of the molecule is O=C(c1ccccc1)C1CCN(c2ccccc2[N+](=O)[O-])CC1. The molecule has 2 aromatic carbocycles. The number of ketones is 1. The number of nitro groups is 1. The number of nitro benzene ring substituents is 1. The molecule has 1 saturated heterocycles. The molecule has 23 heavy (non-hydrogen) atoms. The van der Waals surface area contributed by atoms with Crippen LogP contribution in [-0.4, -0.2) is 23.8 Å². The van der Waals surface area contributed by atoms with Crippen molar-refractivity contribution in [2.45, 2.75) is 12.8 Å². The van der Waals surface area contributed by atoms with Gasteiger partial charge in [0.05, 0.1) is 4.92 Å². The van der Waals surface area contributed by atoms with Crippen molar-refractivity contribution in [3.05, 3.63) is 70.3 Å². The highest BCUT2D eigenvalue weighted by Crippen LogP contribution is 2.31. The number of carbonyl (C=O) groups is 1. The summed E-state index contributed by atoms with van der Waals surface area (Å²) < 4.78 is 0. The molecule has 118 valence electrons. The van der Waals surface area contributed by atoms with Crippen LogP contribution in [0.1, 0.15) is 23.2 Å². The van der Waals surface area contributed by atoms with Gasteiger partial charge in [0, 0.05) is 30.6 Å². The van der Waals surface area contributed by atoms with E-state index >= 15 is 0 Å². The number of rotatable bonds is 4. The molecule has 0 amide bonds. The quantitative estimate of drug-likeness (QED) is 0.491. The number of piperidine rings is 1. The average molecular weight is 310 g/mol. The molecule has 0 aliphatic carbocycles. The van der Waals surface area contributed by atoms with Gasteiger partial charge in [-0.2, -0.15) is 0 Å². The third kappa shape index (κ3) is 3.23. The van der Waals surface area contributed by atoms with Crippen LogP contribution in [0.3, 0.4) is 0 Å². The molecule has 0 saturated carbocycles. The molecule has 3 rings (SSSR count). The first-order valence-electron chi connectivity index (χ1n) is 7.74. The number of carbonyl (C=O) groups excluding carboxylic acids is 1. The maximum Gasteiger partial charge on any atom is 0.292 e. The van der Waals surface area contributed by atoms with Crippen LogP contribution in [0.2, 0.25) is 0 Å². The van der Waals surface area contributed by atoms with Crippen molar-refractivity contribution in [3.63, 3.8) is 0 Å². The summed E-state index contributed by atoms with van der Waals surface area (Å²) in [4.78, 5) is 25.3. The standard InChI is InChI=1S/C18H18N2O3/c21-18(14-6-2-1-3-7-14)15-10-12-19(13-11-15)16-8-4-5-9-17(16)20(22)23/h1-9,15H,10-13H2. The van der Waals surface area contributed by atoms with E-state index in [2.05, 4.69) is 0 Å². The Morgan fingerprint density at radius 3 is 2.26 bits per heavy atom. The van der Waals surface area contributed by atoms with E-state index in [0.29, 0.717) is 18.8 Å². The van der Waals surface area contributed by atoms with Crippen molar-refractivity contribution < 1.29 is 9.72 Å². The zero-order valence-electron chi connectivity index (χ0n) is 12.7. The van der Waals surface area contributed by atoms with Crippen LogP contribution in [0.25, 0.3) is 0 Å². The lowest BCUT2D eigenvalue weighted by atomic mass is 9.88. The Bertz CT molecular complexity index is 707. The van der Waals surface area contributed by atoms with E-state index in [-0.39, 0.29) is 22.3 Å². The number of hydrogen-bond donors (Lipinski definition) is 0. The van der Waals surface area contributed by atoms with Gasteiger partial charge in [-0.25, -0.2) is 0 Å². The molecule has 1 aliphatic rings. The Kier molecular flexibility index (Phi) is 4.37. The van der Waals surface area contributed by atoms with E-state index < -0.39 is 0 Å². The highest BCUT2D eigenvalue weighted by Gasteiger charge is 2.28. The van der Waals surface area contributed by atoms with E-state index in [0.717, 1.165) is 18.4 Å². The summed E-state index contributed by atoms with van der Waals surface area (Å²) in [7, 11) is 0. The molecule has 2 aromatic rings. The van der Waals surface area contributed by atoms with Gasteiger partial charge in [0.1, 0.15) is 5.69 Å². The zero-order valence-corrected chi connectivity index (χ0v) is 12.7. The summed E-state index contributed by atoms with van der Waals surface area (Å²) in [5, 5.41) is 11.1. The van der Waals surface area contributed by atoms with E-state index in [1.807, 2.05) is 41.3 Å². The minimum atomic E-state index is -0.351. The summed E-state index contributed by atoms with van der Waals surface area (Å²) in [5.41, 5.74) is 1.51. The Labute approximate surface area is 134 Å². The van der Waals surface area contributed by atoms with Crippen LogP contribution in [0.4, 0.5) is 11.4 Å². The third-order valence-corrected chi connectivity index (χ3v) is 4.34. The predicted octanol–water partition coefficient (Wildman–Crippen LogP) is 3.69. The molecular weight excluding hydrogens is 292 g/mol. The summed E-state index contributed by atoms with van der Waals surface area (Å²) in [6, 6.07) is 16.1. The van der Waals surface area contributed by atoms with Gasteiger partial charge in [-0.15, -0.1) is 0 Å². The normalized spacial score (nSPS) is 15.4. The van der Waals surface area contributed by atoms with Crippen LogP contribution < -0.4 is 4.90 Å². The molecule has 0 N–H and O–H groups in total. The molecule has 1 aliphatic heterocycles. The fourth-order valence-electron chi connectivity index (χ4n) is 3.11. The van der Waals surface area contributed by atoms with Crippen molar-refractivity contribution in [1.82, 2.24) is 0 Å². The molecule has 0 unspecified atom stereocenters. The molecule has 5 heteroatoms. The highest BCUT2D eigenvalue weighted by atomic mass is 16.6. The fraction of sp³-hybridized carbons (Fsp3) is 0.278. The van der Waals surface area contributed by atoms with Gasteiger partial charge in [-0.3, -0.25) is 14.9 Å². The largest absolute Gasteiger partial charge is 0.366 e. The second kappa shape index (κ2) is 6.60. The van der Waals surface area contributed by atoms with Gasteiger partial charge in [0.2, 0.25) is 0 Å². The molecule has 1 fully saturated rings. The Morgan fingerprint density at radius 1 is 1.00 bits per heavy atom. The summed E-state index contributed by atoms with van der Waals surface area (Å²) in [5.74, 6) is 0.171. The van der Waals surface area contributed by atoms with Gasteiger partial charge >= 0.3 is 0 Å². The molecule has 0 spiro atoms. The zero-order chi connectivity index (χ0) is 16.2. The number of nitrogens with zero attached hydrogens (tertiary/aromatic N) is 2. The first-order chi connectivity index (χ1) is 11.2. The van der Waals surface area contributed by atoms with E-state index in [1.165, 1.54) is 6.07 Å². The van der Waals surface area contributed by atoms with Crippen molar-refractivity contribution in [1.29, 1.82) is 0 Å². The Balaban J connectivity index is 1.70. The van der Waals surface area contributed by atoms with E-state index in [1.54, 1.807) is 12.1 Å². The smallest absolute Gasteiger partial charge is 0.292 e. The van der Waals surface area contributed by atoms with E-state index in [9.17, 15) is 14.9 Å². The molecule has 0 radical (unpaired) electrons. The lowest BCUT2D eigenvalue weighted by Crippen LogP contribution is -2.36. The molecular formula is C18H18N2O3. The summed E-state index contributed by atoms with van der Waals surface area (Å²) >= 11 is 0. The average Bonchev–Trinajstić information content (AvgIpc) is 2.62. The van der Waals surface area contributed by atoms with Crippen molar-refractivity contribution >= 4 is 17.2 Å². The third-order valence-electron chi connectivity index (χ3n) is 4.34. The number of benzene rings is 2. The van der Waals surface area contributed by atoms with Gasteiger partial charge in [-0.1, -0.05) is 42.5 Å². The summed E-state index contributed by atoms with van der Waals surface area (Å²) in [6.45, 7) is 1.32. The van der Waals surface area contributed by atoms with Crippen molar-refractivity contribution in [2.75, 3.05) is 18.0 Å². The highest BCUT2D eigenvalue weighted by molar-refractivity contribution is 5.98. The predicted molar refractivity (Wildman–Crippen MR) is 88.8 cm³/mol. The second-order valence-electron chi connectivity index (χ2n) is 5.74. The maximum absolute atomic E-state index is 12.5. The van der Waals surface area contributed by atoms with Crippen molar-refractivity contribution in [2.24, 2.45) is 5.92 Å². The van der Waals surface area contributed by atoms with Crippen LogP contribution in [-0.2, 0) is 0 Å². The lowest BCUT2D eigenvalue weighted by molar-refractivity contribution is -0.384. The molecule has 5 nitrogen and oxygen atoms in total. The minimum Gasteiger partial charge on any atom is -0.366 e. The Morgan fingerprint density at radius 2 is 1.61 bits per heavy atom. The molecule has 1 heterocycles. The summed E-state index contributed by atoms with van der Waals surface area (Å²) in [6.07, 6.45) is 1.44. The van der Waals surface area contributed by atoms with Gasteiger partial charge < -0.3 is 4.90 Å². The van der Waals surface area contributed by atoms with Crippen LogP contribution >= 0.6 is 0 Å². The number of para-hydroxylation sites is 2. The Hall–Kier alpha value is -2.69. The second-order valence-corrected chi connectivity index (χ2v) is 5.74. The van der Waals surface area contributed by atoms with Crippen LogP contribution in [0, 0.1) is 16.0 Å². The number of Topliss-reactive ketones (excluding diaryl/α,β-unsaturated/α-hetero) is 1. The topological polar surface area (TPSA) is 63.5 Å². The molecule has 0 aromatic heterocycles. The first-order valence-corrected chi connectivity index (χ1v) is 7.74. The van der Waals surface area contributed by atoms with Gasteiger partial charge in [-0.05, 0) is 18.9 Å². The molecule has 0 bridgehead atoms. The van der Waals surface area contributed by atoms with Crippen LogP contribution in [0.15, 0.2) is 54.6 Å². The van der Waals surface area contributed by atoms with E-state index in [4.69, 9.17) is 0 Å². The number of hydrogen-bond acceptors (Lipinski definition) is 4. The monoisotopic (exact) mass is 310 g/mol. The molecule has 0 atom stereocenters. The first kappa shape index (κ1) is 15.2. The van der Waals surface area contributed by atoms with Gasteiger partial charge in [0.25, 0.3) is 5.69 Å². The van der Waals surface area contributed by atoms with Crippen molar-refractivity contribution in [3.8, 4) is 0 Å². The minimum absolute atomic E-state index is 0.00332. The lowest BCUT2D eigenvalue weighted by Gasteiger charge is -2.32. The number of anilines is 1. The maximum atomic E-state index is 12.5. The van der Waals surface area contributed by atoms with Gasteiger partial charge in [0.15, 0.2) is 5.78 Å².